The molecule has 1 N–H and O–H groups in total. The van der Waals surface area contributed by atoms with Crippen molar-refractivity contribution in [1.29, 1.82) is 0 Å². The summed E-state index contributed by atoms with van der Waals surface area (Å²) in [6.07, 6.45) is 8.17. The molecule has 1 aliphatic rings. The molecule has 0 spiro atoms. The van der Waals surface area contributed by atoms with Crippen LogP contribution in [0.25, 0.3) is 0 Å². The standard InChI is InChI=1S/C24H21OP/c25-24(19-11-3-1-4-12-19)22-17-9-10-18-23(22)26(21-15-7-8-16-21)20-13-5-2-6-14-20/h1-18,21,24-25H/t24-,26?/m0/s1. The molecule has 0 saturated heterocycles. The molecule has 2 atom stereocenters. The summed E-state index contributed by atoms with van der Waals surface area (Å²) in [4.78, 5) is 0. The van der Waals surface area contributed by atoms with E-state index < -0.39 is 14.0 Å². The van der Waals surface area contributed by atoms with Gasteiger partial charge in [-0.1, -0.05) is 109 Å². The fourth-order valence-electron chi connectivity index (χ4n) is 3.41. The minimum atomic E-state index is -0.629. The molecule has 0 bridgehead atoms. The van der Waals surface area contributed by atoms with Crippen LogP contribution in [0.4, 0.5) is 0 Å². The number of benzene rings is 3. The Kier molecular flexibility index (Phi) is 5.11. The van der Waals surface area contributed by atoms with E-state index in [-0.39, 0.29) is 0 Å². The lowest BCUT2D eigenvalue weighted by Crippen LogP contribution is -2.23. The van der Waals surface area contributed by atoms with Gasteiger partial charge in [0, 0.05) is 5.66 Å². The van der Waals surface area contributed by atoms with E-state index in [0.717, 1.165) is 11.1 Å². The van der Waals surface area contributed by atoms with Gasteiger partial charge in [-0.2, -0.15) is 0 Å². The van der Waals surface area contributed by atoms with Gasteiger partial charge in [0.15, 0.2) is 0 Å². The third-order valence-corrected chi connectivity index (χ3v) is 7.39. The molecule has 128 valence electrons. The molecular formula is C24H21OP. The zero-order valence-electron chi connectivity index (χ0n) is 14.4. The first-order valence-corrected chi connectivity index (χ1v) is 10.3. The number of hydrogen-bond donors (Lipinski definition) is 1. The molecule has 0 amide bonds. The molecule has 0 radical (unpaired) electrons. The van der Waals surface area contributed by atoms with E-state index in [1.165, 1.54) is 10.6 Å². The summed E-state index contributed by atoms with van der Waals surface area (Å²) in [5, 5.41) is 13.7. The molecule has 1 unspecified atom stereocenters. The molecule has 1 aliphatic carbocycles. The largest absolute Gasteiger partial charge is 0.384 e. The van der Waals surface area contributed by atoms with Crippen LogP contribution >= 0.6 is 7.92 Å². The maximum Gasteiger partial charge on any atom is 0.105 e. The quantitative estimate of drug-likeness (QED) is 0.657. The highest BCUT2D eigenvalue weighted by molar-refractivity contribution is 7.74. The average molecular weight is 356 g/mol. The topological polar surface area (TPSA) is 20.2 Å². The minimum Gasteiger partial charge on any atom is -0.384 e. The molecule has 0 aromatic heterocycles. The third-order valence-electron chi connectivity index (χ3n) is 4.67. The van der Waals surface area contributed by atoms with E-state index in [1.807, 2.05) is 36.4 Å². The fourth-order valence-corrected chi connectivity index (χ4v) is 6.11. The van der Waals surface area contributed by atoms with Crippen LogP contribution in [0.15, 0.2) is 109 Å². The van der Waals surface area contributed by atoms with Crippen molar-refractivity contribution in [3.63, 3.8) is 0 Å². The Bertz CT molecular complexity index is 903. The van der Waals surface area contributed by atoms with Crippen molar-refractivity contribution in [2.45, 2.75) is 11.8 Å². The zero-order chi connectivity index (χ0) is 17.8. The first-order valence-electron chi connectivity index (χ1n) is 8.86. The molecule has 0 fully saturated rings. The second kappa shape index (κ2) is 7.83. The second-order valence-electron chi connectivity index (χ2n) is 6.34. The maximum absolute atomic E-state index is 11.1. The van der Waals surface area contributed by atoms with Gasteiger partial charge in [0.25, 0.3) is 0 Å². The van der Waals surface area contributed by atoms with Gasteiger partial charge in [0.05, 0.1) is 0 Å². The van der Waals surface area contributed by atoms with Crippen molar-refractivity contribution in [2.24, 2.45) is 0 Å². The Morgan fingerprint density at radius 2 is 1.27 bits per heavy atom. The molecule has 1 nitrogen and oxygen atoms in total. The van der Waals surface area contributed by atoms with E-state index in [9.17, 15) is 5.11 Å². The molecular weight excluding hydrogens is 335 g/mol. The Hall–Kier alpha value is -2.47. The Labute approximate surface area is 156 Å². The molecule has 0 aliphatic heterocycles. The van der Waals surface area contributed by atoms with Gasteiger partial charge in [0.2, 0.25) is 0 Å². The highest BCUT2D eigenvalue weighted by Crippen LogP contribution is 2.44. The summed E-state index contributed by atoms with van der Waals surface area (Å²) in [5.74, 6) is 0. The normalized spacial score (nSPS) is 15.9. The van der Waals surface area contributed by atoms with Gasteiger partial charge in [-0.15, -0.1) is 0 Å². The summed E-state index contributed by atoms with van der Waals surface area (Å²) in [7, 11) is -0.629. The van der Waals surface area contributed by atoms with Crippen LogP contribution in [0.2, 0.25) is 0 Å². The Morgan fingerprint density at radius 3 is 1.96 bits per heavy atom. The van der Waals surface area contributed by atoms with Crippen LogP contribution in [0, 0.1) is 0 Å². The summed E-state index contributed by atoms with van der Waals surface area (Å²) in [5.41, 5.74) is 2.29. The number of hydrogen-bond acceptors (Lipinski definition) is 1. The Balaban J connectivity index is 1.82. The third kappa shape index (κ3) is 3.42. The van der Waals surface area contributed by atoms with Gasteiger partial charge in [-0.25, -0.2) is 0 Å². The predicted molar refractivity (Wildman–Crippen MR) is 112 cm³/mol. The van der Waals surface area contributed by atoms with E-state index >= 15 is 0 Å². The molecule has 0 saturated carbocycles. The van der Waals surface area contributed by atoms with Gasteiger partial charge >= 0.3 is 0 Å². The number of aliphatic hydroxyl groups excluding tert-OH is 1. The molecule has 2 heteroatoms. The first kappa shape index (κ1) is 17.0. The smallest absolute Gasteiger partial charge is 0.105 e. The summed E-state index contributed by atoms with van der Waals surface area (Å²) in [6, 6.07) is 28.9. The van der Waals surface area contributed by atoms with Crippen LogP contribution < -0.4 is 10.6 Å². The zero-order valence-corrected chi connectivity index (χ0v) is 15.3. The van der Waals surface area contributed by atoms with Crippen molar-refractivity contribution in [2.75, 3.05) is 0 Å². The highest BCUT2D eigenvalue weighted by atomic mass is 31.1. The summed E-state index contributed by atoms with van der Waals surface area (Å²) in [6.45, 7) is 0. The van der Waals surface area contributed by atoms with Crippen LogP contribution in [0.5, 0.6) is 0 Å². The lowest BCUT2D eigenvalue weighted by molar-refractivity contribution is 0.221. The minimum absolute atomic E-state index is 0.358. The molecule has 4 rings (SSSR count). The van der Waals surface area contributed by atoms with Gasteiger partial charge < -0.3 is 5.11 Å². The van der Waals surface area contributed by atoms with Crippen LogP contribution in [-0.4, -0.2) is 10.8 Å². The van der Waals surface area contributed by atoms with E-state index in [4.69, 9.17) is 0 Å². The van der Waals surface area contributed by atoms with Crippen molar-refractivity contribution < 1.29 is 5.11 Å². The van der Waals surface area contributed by atoms with E-state index in [2.05, 4.69) is 72.8 Å². The monoisotopic (exact) mass is 356 g/mol. The summed E-state index contributed by atoms with van der Waals surface area (Å²) >= 11 is 0. The number of aliphatic hydroxyl groups is 1. The fraction of sp³-hybridized carbons (Fsp3) is 0.0833. The second-order valence-corrected chi connectivity index (χ2v) is 8.67. The van der Waals surface area contributed by atoms with Crippen LogP contribution in [-0.2, 0) is 0 Å². The average Bonchev–Trinajstić information content (AvgIpc) is 3.24. The van der Waals surface area contributed by atoms with Crippen LogP contribution in [0.3, 0.4) is 0 Å². The highest BCUT2D eigenvalue weighted by Gasteiger charge is 2.26. The van der Waals surface area contributed by atoms with Gasteiger partial charge in [0.1, 0.15) is 6.10 Å². The molecule has 3 aromatic rings. The van der Waals surface area contributed by atoms with E-state index in [0.29, 0.717) is 5.66 Å². The predicted octanol–water partition coefficient (Wildman–Crippen LogP) is 4.70. The van der Waals surface area contributed by atoms with E-state index in [1.54, 1.807) is 0 Å². The summed E-state index contributed by atoms with van der Waals surface area (Å²) < 4.78 is 0. The lowest BCUT2D eigenvalue weighted by atomic mass is 10.0. The van der Waals surface area contributed by atoms with Crippen molar-refractivity contribution in [1.82, 2.24) is 0 Å². The van der Waals surface area contributed by atoms with Crippen molar-refractivity contribution in [3.05, 3.63) is 120 Å². The van der Waals surface area contributed by atoms with Crippen molar-refractivity contribution >= 4 is 18.5 Å². The number of rotatable bonds is 5. The lowest BCUT2D eigenvalue weighted by Gasteiger charge is -2.27. The molecule has 26 heavy (non-hydrogen) atoms. The van der Waals surface area contributed by atoms with Gasteiger partial charge in [-0.05, 0) is 29.7 Å². The molecule has 3 aromatic carbocycles. The van der Waals surface area contributed by atoms with Gasteiger partial charge in [-0.3, -0.25) is 0 Å². The Morgan fingerprint density at radius 1 is 0.692 bits per heavy atom. The molecule has 0 heterocycles. The number of allylic oxidation sites excluding steroid dienone is 4. The van der Waals surface area contributed by atoms with Crippen molar-refractivity contribution in [3.8, 4) is 0 Å². The first-order chi connectivity index (χ1) is 12.8. The maximum atomic E-state index is 11.1. The van der Waals surface area contributed by atoms with Crippen LogP contribution in [0.1, 0.15) is 17.2 Å². The SMILES string of the molecule is O[C@@H](c1ccccc1)c1ccccc1P(c1ccccc1)C1C=CC=C1.